The average Bonchev–Trinajstić information content (AvgIpc) is 2.82. The van der Waals surface area contributed by atoms with Crippen molar-refractivity contribution in [3.05, 3.63) is 53.6 Å². The highest BCUT2D eigenvalue weighted by Crippen LogP contribution is 2.21. The number of carboxylic acid groups (broad SMARTS) is 1. The van der Waals surface area contributed by atoms with Crippen molar-refractivity contribution in [3.63, 3.8) is 0 Å². The van der Waals surface area contributed by atoms with E-state index >= 15 is 0 Å². The molecule has 1 aromatic carbocycles. The van der Waals surface area contributed by atoms with Gasteiger partial charge in [0.25, 0.3) is 0 Å². The molecule has 1 N–H and O–H groups in total. The molecule has 0 amide bonds. The van der Waals surface area contributed by atoms with Crippen molar-refractivity contribution in [1.29, 1.82) is 0 Å². The fourth-order valence-electron chi connectivity index (χ4n) is 2.13. The zero-order valence-electron chi connectivity index (χ0n) is 11.2. The van der Waals surface area contributed by atoms with Crippen molar-refractivity contribution in [2.75, 3.05) is 0 Å². The van der Waals surface area contributed by atoms with Crippen LogP contribution in [0.3, 0.4) is 0 Å². The highest BCUT2D eigenvalue weighted by atomic mass is 16.4. The summed E-state index contributed by atoms with van der Waals surface area (Å²) in [4.78, 5) is 19.1. The first-order valence-corrected chi connectivity index (χ1v) is 6.20. The van der Waals surface area contributed by atoms with Gasteiger partial charge in [-0.1, -0.05) is 0 Å². The number of carboxylic acids is 1. The Bertz CT molecular complexity index is 804. The van der Waals surface area contributed by atoms with Crippen LogP contribution >= 0.6 is 0 Å². The van der Waals surface area contributed by atoms with Crippen LogP contribution in [0.25, 0.3) is 16.7 Å². The summed E-state index contributed by atoms with van der Waals surface area (Å²) in [5, 5.41) is 8.86. The first-order valence-electron chi connectivity index (χ1n) is 6.20. The topological polar surface area (TPSA) is 68.0 Å². The molecule has 5 nitrogen and oxygen atoms in total. The van der Waals surface area contributed by atoms with Crippen molar-refractivity contribution in [3.8, 4) is 5.69 Å². The number of nitrogens with zero attached hydrogens (tertiary/aromatic N) is 3. The lowest BCUT2D eigenvalue weighted by atomic mass is 10.1. The van der Waals surface area contributed by atoms with Gasteiger partial charge in [0, 0.05) is 0 Å². The van der Waals surface area contributed by atoms with Crippen LogP contribution in [0.15, 0.2) is 36.8 Å². The van der Waals surface area contributed by atoms with Gasteiger partial charge in [0.15, 0.2) is 0 Å². The lowest BCUT2D eigenvalue weighted by Gasteiger charge is -2.06. The minimum atomic E-state index is -1.03. The van der Waals surface area contributed by atoms with E-state index in [0.29, 0.717) is 0 Å². The molecule has 2 heterocycles. The van der Waals surface area contributed by atoms with Crippen LogP contribution in [-0.4, -0.2) is 25.6 Å². The molecule has 3 rings (SSSR count). The number of benzene rings is 1. The first kappa shape index (κ1) is 12.3. The third-order valence-corrected chi connectivity index (χ3v) is 3.41. The molecule has 0 aliphatic carbocycles. The lowest BCUT2D eigenvalue weighted by molar-refractivity contribution is 0.0690. The smallest absolute Gasteiger partial charge is 0.354 e. The van der Waals surface area contributed by atoms with E-state index in [-0.39, 0.29) is 5.69 Å². The quantitative estimate of drug-likeness (QED) is 0.775. The fraction of sp³-hybridized carbons (Fsp3) is 0.133. The number of rotatable bonds is 2. The van der Waals surface area contributed by atoms with E-state index in [1.807, 2.05) is 10.6 Å². The van der Waals surface area contributed by atoms with Gasteiger partial charge in [-0.15, -0.1) is 0 Å². The van der Waals surface area contributed by atoms with Gasteiger partial charge in [-0.05, 0) is 49.2 Å². The zero-order valence-corrected chi connectivity index (χ0v) is 11.2. The second-order valence-corrected chi connectivity index (χ2v) is 4.75. The molecule has 0 aliphatic heterocycles. The van der Waals surface area contributed by atoms with Crippen molar-refractivity contribution in [2.24, 2.45) is 0 Å². The standard InChI is InChI=1S/C15H13N3O2/c1-9-5-13-14(6-10(9)2)18(8-17-13)11-3-4-12(15(19)20)16-7-11/h3-8H,1-2H3,(H,19,20). The Balaban J connectivity index is 2.14. The van der Waals surface area contributed by atoms with Crippen LogP contribution in [0.4, 0.5) is 0 Å². The summed E-state index contributed by atoms with van der Waals surface area (Å²) in [6.45, 7) is 4.11. The molecule has 0 saturated heterocycles. The Morgan fingerprint density at radius 2 is 1.90 bits per heavy atom. The Morgan fingerprint density at radius 3 is 2.55 bits per heavy atom. The van der Waals surface area contributed by atoms with Gasteiger partial charge in [0.1, 0.15) is 12.0 Å². The summed E-state index contributed by atoms with van der Waals surface area (Å²) in [6.07, 6.45) is 3.26. The molecule has 20 heavy (non-hydrogen) atoms. The Labute approximate surface area is 115 Å². The molecule has 0 bridgehead atoms. The minimum Gasteiger partial charge on any atom is -0.477 e. The number of fused-ring (bicyclic) bond motifs is 1. The summed E-state index contributed by atoms with van der Waals surface area (Å²) in [5.74, 6) is -1.03. The molecular weight excluding hydrogens is 254 g/mol. The van der Waals surface area contributed by atoms with Crippen LogP contribution in [0, 0.1) is 13.8 Å². The highest BCUT2D eigenvalue weighted by molar-refractivity contribution is 5.85. The molecule has 100 valence electrons. The Kier molecular flexibility index (Phi) is 2.75. The average molecular weight is 267 g/mol. The van der Waals surface area contributed by atoms with E-state index in [2.05, 4.69) is 29.9 Å². The summed E-state index contributed by atoms with van der Waals surface area (Å²) in [6, 6.07) is 7.33. The molecule has 0 fully saturated rings. The Morgan fingerprint density at radius 1 is 1.15 bits per heavy atom. The number of aromatic nitrogens is 3. The largest absolute Gasteiger partial charge is 0.477 e. The monoisotopic (exact) mass is 267 g/mol. The second-order valence-electron chi connectivity index (χ2n) is 4.75. The molecule has 0 atom stereocenters. The van der Waals surface area contributed by atoms with Crippen LogP contribution in [0.1, 0.15) is 21.6 Å². The lowest BCUT2D eigenvalue weighted by Crippen LogP contribution is -2.01. The van der Waals surface area contributed by atoms with Gasteiger partial charge < -0.3 is 5.11 Å². The molecule has 2 aromatic heterocycles. The fourth-order valence-corrected chi connectivity index (χ4v) is 2.13. The number of imidazole rings is 1. The third kappa shape index (κ3) is 1.93. The van der Waals surface area contributed by atoms with Crippen molar-refractivity contribution >= 4 is 17.0 Å². The number of hydrogen-bond acceptors (Lipinski definition) is 3. The molecule has 0 unspecified atom stereocenters. The summed E-state index contributed by atoms with van der Waals surface area (Å²) < 4.78 is 1.90. The van der Waals surface area contributed by atoms with Gasteiger partial charge in [0.2, 0.25) is 0 Å². The maximum Gasteiger partial charge on any atom is 0.354 e. The number of hydrogen-bond donors (Lipinski definition) is 1. The van der Waals surface area contributed by atoms with Crippen molar-refractivity contribution < 1.29 is 9.90 Å². The molecular formula is C15H13N3O2. The van der Waals surface area contributed by atoms with Crippen LogP contribution < -0.4 is 0 Å². The van der Waals surface area contributed by atoms with Gasteiger partial charge in [-0.25, -0.2) is 14.8 Å². The molecule has 5 heteroatoms. The summed E-state index contributed by atoms with van der Waals surface area (Å²) in [7, 11) is 0. The van der Waals surface area contributed by atoms with E-state index in [1.54, 1.807) is 18.6 Å². The molecule has 0 radical (unpaired) electrons. The number of pyridine rings is 1. The van der Waals surface area contributed by atoms with E-state index in [9.17, 15) is 4.79 Å². The summed E-state index contributed by atoms with van der Waals surface area (Å²) in [5.41, 5.74) is 5.11. The van der Waals surface area contributed by atoms with Crippen LogP contribution in [0.5, 0.6) is 0 Å². The molecule has 0 aliphatic rings. The van der Waals surface area contributed by atoms with Crippen molar-refractivity contribution in [1.82, 2.24) is 14.5 Å². The molecule has 0 saturated carbocycles. The van der Waals surface area contributed by atoms with E-state index in [1.165, 1.54) is 17.2 Å². The first-order chi connectivity index (χ1) is 9.56. The Hall–Kier alpha value is -2.69. The second kappa shape index (κ2) is 4.45. The number of carbonyl (C=O) groups is 1. The zero-order chi connectivity index (χ0) is 14.3. The van der Waals surface area contributed by atoms with Crippen molar-refractivity contribution in [2.45, 2.75) is 13.8 Å². The van der Waals surface area contributed by atoms with Crippen LogP contribution in [0.2, 0.25) is 0 Å². The van der Waals surface area contributed by atoms with Gasteiger partial charge in [-0.2, -0.15) is 0 Å². The van der Waals surface area contributed by atoms with E-state index in [4.69, 9.17) is 5.11 Å². The number of aryl methyl sites for hydroxylation is 2. The SMILES string of the molecule is Cc1cc2ncn(-c3ccc(C(=O)O)nc3)c2cc1C. The van der Waals surface area contributed by atoms with Gasteiger partial charge in [-0.3, -0.25) is 4.57 Å². The predicted octanol–water partition coefficient (Wildman–Crippen LogP) is 2.74. The minimum absolute atomic E-state index is 0.0326. The molecule has 3 aromatic rings. The predicted molar refractivity (Wildman–Crippen MR) is 75.3 cm³/mol. The van der Waals surface area contributed by atoms with Gasteiger partial charge in [0.05, 0.1) is 22.9 Å². The number of aromatic carboxylic acids is 1. The third-order valence-electron chi connectivity index (χ3n) is 3.41. The highest BCUT2D eigenvalue weighted by Gasteiger charge is 2.08. The normalized spacial score (nSPS) is 10.9. The van der Waals surface area contributed by atoms with Gasteiger partial charge >= 0.3 is 5.97 Å². The maximum absolute atomic E-state index is 10.8. The van der Waals surface area contributed by atoms with E-state index in [0.717, 1.165) is 16.7 Å². The van der Waals surface area contributed by atoms with E-state index < -0.39 is 5.97 Å². The summed E-state index contributed by atoms with van der Waals surface area (Å²) >= 11 is 0. The van der Waals surface area contributed by atoms with Crippen LogP contribution in [-0.2, 0) is 0 Å². The maximum atomic E-state index is 10.8. The molecule has 0 spiro atoms.